The van der Waals surface area contributed by atoms with E-state index in [1.165, 1.54) is 0 Å². The number of amides is 1. The van der Waals surface area contributed by atoms with Gasteiger partial charge in [-0.1, -0.05) is 20.8 Å². The predicted molar refractivity (Wildman–Crippen MR) is 64.9 cm³/mol. The molecule has 0 unspecified atom stereocenters. The van der Waals surface area contributed by atoms with Gasteiger partial charge in [-0.25, -0.2) is 4.79 Å². The number of ether oxygens (including phenoxy) is 1. The molecular weight excluding hydrogens is 238 g/mol. The number of carbonyl (C=O) groups is 3. The van der Waals surface area contributed by atoms with E-state index in [-0.39, 0.29) is 31.3 Å². The van der Waals surface area contributed by atoms with Crippen molar-refractivity contribution in [3.8, 4) is 0 Å². The van der Waals surface area contributed by atoms with Gasteiger partial charge in [0.1, 0.15) is 6.61 Å². The van der Waals surface area contributed by atoms with E-state index in [1.807, 2.05) is 20.8 Å². The summed E-state index contributed by atoms with van der Waals surface area (Å²) in [5, 5.41) is 11.2. The summed E-state index contributed by atoms with van der Waals surface area (Å²) in [5.74, 6) is -1.88. The monoisotopic (exact) mass is 259 g/mol. The van der Waals surface area contributed by atoms with Crippen LogP contribution in [0.5, 0.6) is 0 Å². The Kier molecular flexibility index (Phi) is 7.74. The third kappa shape index (κ3) is 7.65. The van der Waals surface area contributed by atoms with Crippen LogP contribution in [0.15, 0.2) is 0 Å². The summed E-state index contributed by atoms with van der Waals surface area (Å²) in [7, 11) is 0. The molecule has 0 bridgehead atoms. The Labute approximate surface area is 107 Å². The molecule has 0 rings (SSSR count). The lowest BCUT2D eigenvalue weighted by atomic mass is 10.1. The van der Waals surface area contributed by atoms with E-state index in [0.29, 0.717) is 6.42 Å². The second kappa shape index (κ2) is 8.49. The lowest BCUT2D eigenvalue weighted by Crippen LogP contribution is -2.44. The number of carboxylic acid groups (broad SMARTS) is 1. The molecule has 0 aromatic rings. The average Bonchev–Trinajstić information content (AvgIpc) is 2.23. The highest BCUT2D eigenvalue weighted by molar-refractivity contribution is 5.84. The Morgan fingerprint density at radius 2 is 1.89 bits per heavy atom. The first-order valence-electron chi connectivity index (χ1n) is 6.04. The molecule has 2 N–H and O–H groups in total. The van der Waals surface area contributed by atoms with Crippen LogP contribution in [0, 0.1) is 5.92 Å². The molecule has 1 amide bonds. The zero-order valence-electron chi connectivity index (χ0n) is 11.1. The number of carboxylic acids is 1. The summed E-state index contributed by atoms with van der Waals surface area (Å²) in [6.45, 7) is 5.20. The van der Waals surface area contributed by atoms with Gasteiger partial charge in [0, 0.05) is 12.8 Å². The number of esters is 1. The molecule has 104 valence electrons. The third-order valence-electron chi connectivity index (χ3n) is 2.09. The number of carbonyl (C=O) groups excluding carboxylic acids is 2. The lowest BCUT2D eigenvalue weighted by Gasteiger charge is -2.15. The van der Waals surface area contributed by atoms with E-state index in [0.717, 1.165) is 0 Å². The highest BCUT2D eigenvalue weighted by atomic mass is 16.5. The predicted octanol–water partition coefficient (Wildman–Crippen LogP) is 0.945. The van der Waals surface area contributed by atoms with Gasteiger partial charge in [-0.2, -0.15) is 0 Å². The molecule has 6 heteroatoms. The first-order valence-corrected chi connectivity index (χ1v) is 6.04. The maximum Gasteiger partial charge on any atom is 0.329 e. The normalized spacial score (nSPS) is 12.0. The van der Waals surface area contributed by atoms with Crippen LogP contribution in [0.25, 0.3) is 0 Å². The van der Waals surface area contributed by atoms with Crippen molar-refractivity contribution in [1.29, 1.82) is 0 Å². The van der Waals surface area contributed by atoms with Crippen molar-refractivity contribution in [3.05, 3.63) is 0 Å². The Hall–Kier alpha value is -1.59. The van der Waals surface area contributed by atoms with Crippen molar-refractivity contribution < 1.29 is 24.2 Å². The molecular formula is C12H21NO5. The van der Waals surface area contributed by atoms with E-state index in [9.17, 15) is 14.4 Å². The van der Waals surface area contributed by atoms with Gasteiger partial charge in [-0.05, 0) is 12.3 Å². The Bertz CT molecular complexity index is 301. The van der Waals surface area contributed by atoms with Crippen LogP contribution in [0.2, 0.25) is 0 Å². The van der Waals surface area contributed by atoms with Gasteiger partial charge in [0.2, 0.25) is 5.91 Å². The fourth-order valence-electron chi connectivity index (χ4n) is 1.25. The fourth-order valence-corrected chi connectivity index (χ4v) is 1.25. The Balaban J connectivity index is 4.19. The molecule has 18 heavy (non-hydrogen) atoms. The first-order chi connectivity index (χ1) is 8.36. The molecule has 0 radical (unpaired) electrons. The number of aliphatic carboxylic acids is 1. The van der Waals surface area contributed by atoms with Crippen LogP contribution in [-0.4, -0.2) is 35.6 Å². The van der Waals surface area contributed by atoms with Crippen LogP contribution in [0.3, 0.4) is 0 Å². The summed E-state index contributed by atoms with van der Waals surface area (Å²) in [6.07, 6.45) is 1.12. The van der Waals surface area contributed by atoms with Crippen LogP contribution >= 0.6 is 0 Å². The van der Waals surface area contributed by atoms with Gasteiger partial charge in [0.05, 0.1) is 0 Å². The summed E-state index contributed by atoms with van der Waals surface area (Å²) in [4.78, 5) is 33.4. The van der Waals surface area contributed by atoms with E-state index in [4.69, 9.17) is 9.84 Å². The number of nitrogens with one attached hydrogen (secondary N) is 1. The molecule has 0 saturated heterocycles. The van der Waals surface area contributed by atoms with E-state index >= 15 is 0 Å². The topological polar surface area (TPSA) is 92.7 Å². The largest absolute Gasteiger partial charge is 0.480 e. The van der Waals surface area contributed by atoms with E-state index in [1.54, 1.807) is 0 Å². The van der Waals surface area contributed by atoms with Crippen LogP contribution in [0.4, 0.5) is 0 Å². The molecule has 1 atom stereocenters. The zero-order chi connectivity index (χ0) is 14.1. The smallest absolute Gasteiger partial charge is 0.329 e. The van der Waals surface area contributed by atoms with Crippen molar-refractivity contribution in [1.82, 2.24) is 5.32 Å². The van der Waals surface area contributed by atoms with Crippen molar-refractivity contribution >= 4 is 17.8 Å². The molecule has 0 aromatic carbocycles. The van der Waals surface area contributed by atoms with Gasteiger partial charge in [0.25, 0.3) is 0 Å². The minimum Gasteiger partial charge on any atom is -0.480 e. The van der Waals surface area contributed by atoms with Crippen molar-refractivity contribution in [2.45, 2.75) is 46.1 Å². The molecule has 0 fully saturated rings. The maximum atomic E-state index is 11.4. The summed E-state index contributed by atoms with van der Waals surface area (Å²) >= 11 is 0. The van der Waals surface area contributed by atoms with Gasteiger partial charge in [0.15, 0.2) is 6.04 Å². The molecule has 0 aliphatic heterocycles. The number of hydrogen-bond donors (Lipinski definition) is 2. The first kappa shape index (κ1) is 16.4. The Morgan fingerprint density at radius 3 is 2.33 bits per heavy atom. The number of rotatable bonds is 8. The minimum atomic E-state index is -1.21. The van der Waals surface area contributed by atoms with Crippen molar-refractivity contribution in [2.24, 2.45) is 5.92 Å². The van der Waals surface area contributed by atoms with Crippen LogP contribution < -0.4 is 5.32 Å². The van der Waals surface area contributed by atoms with Gasteiger partial charge in [-0.15, -0.1) is 0 Å². The minimum absolute atomic E-state index is 0.141. The van der Waals surface area contributed by atoms with E-state index in [2.05, 4.69) is 5.32 Å². The standard InChI is InChI=1S/C12H21NO5/c1-4-5-11(15)18-7-9(12(16)17)13-10(14)6-8(2)3/h8-9H,4-7H2,1-3H3,(H,13,14)(H,16,17)/t9-/m0/s1. The molecule has 6 nitrogen and oxygen atoms in total. The molecule has 0 heterocycles. The highest BCUT2D eigenvalue weighted by Crippen LogP contribution is 2.00. The van der Waals surface area contributed by atoms with Gasteiger partial charge >= 0.3 is 11.9 Å². The molecule has 0 spiro atoms. The molecule has 0 aliphatic carbocycles. The van der Waals surface area contributed by atoms with Gasteiger partial charge in [-0.3, -0.25) is 9.59 Å². The molecule has 0 saturated carbocycles. The average molecular weight is 259 g/mol. The number of hydrogen-bond acceptors (Lipinski definition) is 4. The summed E-state index contributed by atoms with van der Waals surface area (Å²) in [6, 6.07) is -1.18. The second-order valence-electron chi connectivity index (χ2n) is 4.49. The summed E-state index contributed by atoms with van der Waals surface area (Å²) in [5.41, 5.74) is 0. The summed E-state index contributed by atoms with van der Waals surface area (Å²) < 4.78 is 4.78. The maximum absolute atomic E-state index is 11.4. The quantitative estimate of drug-likeness (QED) is 0.633. The fraction of sp³-hybridized carbons (Fsp3) is 0.750. The van der Waals surface area contributed by atoms with Crippen molar-refractivity contribution in [3.63, 3.8) is 0 Å². The second-order valence-corrected chi connectivity index (χ2v) is 4.49. The zero-order valence-corrected chi connectivity index (χ0v) is 11.1. The van der Waals surface area contributed by atoms with Crippen LogP contribution in [-0.2, 0) is 19.1 Å². The van der Waals surface area contributed by atoms with Crippen LogP contribution in [0.1, 0.15) is 40.0 Å². The lowest BCUT2D eigenvalue weighted by molar-refractivity contribution is -0.150. The van der Waals surface area contributed by atoms with Gasteiger partial charge < -0.3 is 15.2 Å². The SMILES string of the molecule is CCCC(=O)OC[C@H](NC(=O)CC(C)C)C(=O)O. The van der Waals surface area contributed by atoms with Crippen molar-refractivity contribution in [2.75, 3.05) is 6.61 Å². The molecule has 0 aliphatic rings. The Morgan fingerprint density at radius 1 is 1.28 bits per heavy atom. The third-order valence-corrected chi connectivity index (χ3v) is 2.09. The molecule has 0 aromatic heterocycles. The highest BCUT2D eigenvalue weighted by Gasteiger charge is 2.21. The van der Waals surface area contributed by atoms with E-state index < -0.39 is 18.0 Å².